The van der Waals surface area contributed by atoms with Crippen LogP contribution in [0.2, 0.25) is 5.02 Å². The highest BCUT2D eigenvalue weighted by atomic mass is 35.5. The molecule has 2 saturated heterocycles. The van der Waals surface area contributed by atoms with Crippen LogP contribution in [0, 0.1) is 0 Å². The standard InChI is InChI=1S/C28H30ClN5O4/c1-17(35)33-13-11-23(31-28(38)19-7-10-21-22(29)15-30-24(21)14-19)25(16-33)32-27(37)18-5-8-20(9-6-18)34-12-3-2-4-26(34)36/h5-10,14-15,23,25,30H,2-4,11-13,16H2,1H3,(H,31,38)(H,32,37)/t23-,25+/m1/s1. The SMILES string of the molecule is CC(=O)N1CC[C@@H](NC(=O)c2ccc3c(Cl)c[nH]c3c2)[C@@H](NC(=O)c2ccc(N3CCCCC3=O)cc2)C1. The Kier molecular flexibility index (Phi) is 7.37. The highest BCUT2D eigenvalue weighted by Gasteiger charge is 2.33. The van der Waals surface area contributed by atoms with Crippen molar-refractivity contribution in [2.75, 3.05) is 24.5 Å². The number of nitrogens with zero attached hydrogens (tertiary/aromatic N) is 2. The summed E-state index contributed by atoms with van der Waals surface area (Å²) in [5.74, 6) is -0.567. The van der Waals surface area contributed by atoms with Gasteiger partial charge in [0.1, 0.15) is 0 Å². The summed E-state index contributed by atoms with van der Waals surface area (Å²) in [5, 5.41) is 7.48. The molecule has 3 heterocycles. The molecule has 3 N–H and O–H groups in total. The van der Waals surface area contributed by atoms with Crippen molar-refractivity contribution in [2.45, 2.75) is 44.7 Å². The predicted octanol–water partition coefficient (Wildman–Crippen LogP) is 3.49. The van der Waals surface area contributed by atoms with E-state index in [0.29, 0.717) is 42.1 Å². The molecule has 0 spiro atoms. The number of nitrogens with one attached hydrogen (secondary N) is 3. The zero-order valence-electron chi connectivity index (χ0n) is 21.1. The predicted molar refractivity (Wildman–Crippen MR) is 145 cm³/mol. The van der Waals surface area contributed by atoms with Crippen LogP contribution in [0.3, 0.4) is 0 Å². The Morgan fingerprint density at radius 1 is 0.947 bits per heavy atom. The molecule has 2 fully saturated rings. The average molecular weight is 536 g/mol. The van der Waals surface area contributed by atoms with E-state index in [1.165, 1.54) is 6.92 Å². The Labute approximate surface area is 225 Å². The van der Waals surface area contributed by atoms with Crippen LogP contribution < -0.4 is 15.5 Å². The Hall–Kier alpha value is -3.85. The highest BCUT2D eigenvalue weighted by molar-refractivity contribution is 6.35. The summed E-state index contributed by atoms with van der Waals surface area (Å²) in [5.41, 5.74) is 2.45. The van der Waals surface area contributed by atoms with Gasteiger partial charge in [0.15, 0.2) is 0 Å². The Balaban J connectivity index is 1.29. The number of rotatable bonds is 5. The number of carbonyl (C=O) groups is 4. The van der Waals surface area contributed by atoms with Gasteiger partial charge < -0.3 is 25.4 Å². The summed E-state index contributed by atoms with van der Waals surface area (Å²) in [6.07, 6.45) is 4.58. The molecule has 198 valence electrons. The minimum Gasteiger partial charge on any atom is -0.360 e. The van der Waals surface area contributed by atoms with Crippen LogP contribution in [-0.4, -0.2) is 65.2 Å². The Morgan fingerprint density at radius 3 is 2.39 bits per heavy atom. The Morgan fingerprint density at radius 2 is 1.66 bits per heavy atom. The summed E-state index contributed by atoms with van der Waals surface area (Å²) in [7, 11) is 0. The van der Waals surface area contributed by atoms with Gasteiger partial charge in [0.05, 0.1) is 17.1 Å². The highest BCUT2D eigenvalue weighted by Crippen LogP contribution is 2.24. The maximum Gasteiger partial charge on any atom is 0.251 e. The number of likely N-dealkylation sites (tertiary alicyclic amines) is 1. The molecule has 0 bridgehead atoms. The number of halogens is 1. The summed E-state index contributed by atoms with van der Waals surface area (Å²) in [6, 6.07) is 11.4. The number of hydrogen-bond acceptors (Lipinski definition) is 4. The van der Waals surface area contributed by atoms with Crippen LogP contribution in [0.5, 0.6) is 0 Å². The molecule has 10 heteroatoms. The van der Waals surface area contributed by atoms with Crippen LogP contribution in [0.15, 0.2) is 48.7 Å². The van der Waals surface area contributed by atoms with Crippen LogP contribution in [0.1, 0.15) is 53.3 Å². The average Bonchev–Trinajstić information content (AvgIpc) is 3.29. The van der Waals surface area contributed by atoms with Crippen LogP contribution >= 0.6 is 11.6 Å². The second-order valence-corrected chi connectivity index (χ2v) is 10.3. The third kappa shape index (κ3) is 5.38. The number of H-pyrrole nitrogens is 1. The smallest absolute Gasteiger partial charge is 0.251 e. The minimum absolute atomic E-state index is 0.0846. The maximum absolute atomic E-state index is 13.2. The van der Waals surface area contributed by atoms with Crippen LogP contribution in [0.4, 0.5) is 5.69 Å². The van der Waals surface area contributed by atoms with E-state index in [-0.39, 0.29) is 36.2 Å². The molecule has 2 aliphatic rings. The number of amides is 4. The number of fused-ring (bicyclic) bond motifs is 1. The number of anilines is 1. The lowest BCUT2D eigenvalue weighted by atomic mass is 9.97. The number of benzene rings is 2. The summed E-state index contributed by atoms with van der Waals surface area (Å²) >= 11 is 6.15. The van der Waals surface area contributed by atoms with E-state index in [9.17, 15) is 19.2 Å². The number of aromatic nitrogens is 1. The van der Waals surface area contributed by atoms with Crippen LogP contribution in [-0.2, 0) is 9.59 Å². The lowest BCUT2D eigenvalue weighted by Crippen LogP contribution is -2.61. The van der Waals surface area contributed by atoms with Crippen molar-refractivity contribution in [1.29, 1.82) is 0 Å². The van der Waals surface area contributed by atoms with Gasteiger partial charge in [-0.3, -0.25) is 19.2 Å². The molecule has 0 radical (unpaired) electrons. The van der Waals surface area contributed by atoms with Gasteiger partial charge in [0, 0.05) is 66.9 Å². The zero-order chi connectivity index (χ0) is 26.8. The fourth-order valence-corrected chi connectivity index (χ4v) is 5.38. The van der Waals surface area contributed by atoms with Gasteiger partial charge in [-0.05, 0) is 55.7 Å². The number of hydrogen-bond donors (Lipinski definition) is 3. The molecule has 9 nitrogen and oxygen atoms in total. The molecule has 2 atom stereocenters. The van der Waals surface area contributed by atoms with Crippen LogP contribution in [0.25, 0.3) is 10.9 Å². The Bertz CT molecular complexity index is 1390. The van der Waals surface area contributed by atoms with Gasteiger partial charge in [0.2, 0.25) is 11.8 Å². The quantitative estimate of drug-likeness (QED) is 0.464. The molecular weight excluding hydrogens is 506 g/mol. The molecule has 38 heavy (non-hydrogen) atoms. The van der Waals surface area contributed by atoms with E-state index >= 15 is 0 Å². The molecule has 3 aromatic rings. The first-order valence-corrected chi connectivity index (χ1v) is 13.2. The van der Waals surface area contributed by atoms with E-state index in [0.717, 1.165) is 29.4 Å². The van der Waals surface area contributed by atoms with Gasteiger partial charge in [-0.1, -0.05) is 17.7 Å². The van der Waals surface area contributed by atoms with Crippen molar-refractivity contribution in [3.05, 3.63) is 64.8 Å². The lowest BCUT2D eigenvalue weighted by molar-refractivity contribution is -0.130. The van der Waals surface area contributed by atoms with Crippen molar-refractivity contribution in [3.8, 4) is 0 Å². The summed E-state index contributed by atoms with van der Waals surface area (Å²) < 4.78 is 0. The number of aromatic amines is 1. The maximum atomic E-state index is 13.2. The fraction of sp³-hybridized carbons (Fsp3) is 0.357. The lowest BCUT2D eigenvalue weighted by Gasteiger charge is -2.39. The second-order valence-electron chi connectivity index (χ2n) is 9.86. The van der Waals surface area contributed by atoms with Crippen molar-refractivity contribution in [3.63, 3.8) is 0 Å². The minimum atomic E-state index is -0.476. The molecule has 2 aromatic carbocycles. The van der Waals surface area contributed by atoms with Gasteiger partial charge in [-0.25, -0.2) is 0 Å². The van der Waals surface area contributed by atoms with E-state index in [2.05, 4.69) is 15.6 Å². The zero-order valence-corrected chi connectivity index (χ0v) is 21.9. The van der Waals surface area contributed by atoms with Gasteiger partial charge in [0.25, 0.3) is 11.8 Å². The van der Waals surface area contributed by atoms with Crippen molar-refractivity contribution >= 4 is 51.8 Å². The molecule has 0 saturated carbocycles. The molecule has 2 aliphatic heterocycles. The monoisotopic (exact) mass is 535 g/mol. The molecule has 5 rings (SSSR count). The van der Waals surface area contributed by atoms with Crippen molar-refractivity contribution in [1.82, 2.24) is 20.5 Å². The summed E-state index contributed by atoms with van der Waals surface area (Å²) in [6.45, 7) is 2.95. The van der Waals surface area contributed by atoms with Gasteiger partial charge in [-0.2, -0.15) is 0 Å². The van der Waals surface area contributed by atoms with E-state index in [4.69, 9.17) is 11.6 Å². The topological polar surface area (TPSA) is 115 Å². The van der Waals surface area contributed by atoms with Gasteiger partial charge in [-0.15, -0.1) is 0 Å². The first-order valence-electron chi connectivity index (χ1n) is 12.8. The normalized spacial score (nSPS) is 19.9. The third-order valence-corrected chi connectivity index (χ3v) is 7.66. The number of carbonyl (C=O) groups excluding carboxylic acids is 4. The molecule has 0 unspecified atom stereocenters. The van der Waals surface area contributed by atoms with E-state index in [1.807, 2.05) is 0 Å². The third-order valence-electron chi connectivity index (χ3n) is 7.35. The molecular formula is C28H30ClN5O4. The van der Waals surface area contributed by atoms with Gasteiger partial charge >= 0.3 is 0 Å². The molecule has 4 amide bonds. The molecule has 1 aromatic heterocycles. The molecule has 0 aliphatic carbocycles. The largest absolute Gasteiger partial charge is 0.360 e. The van der Waals surface area contributed by atoms with Crippen molar-refractivity contribution in [2.24, 2.45) is 0 Å². The van der Waals surface area contributed by atoms with Crippen molar-refractivity contribution < 1.29 is 19.2 Å². The number of piperidine rings is 2. The summed E-state index contributed by atoms with van der Waals surface area (Å²) in [4.78, 5) is 57.0. The second kappa shape index (κ2) is 10.9. The first-order chi connectivity index (χ1) is 18.3. The fourth-order valence-electron chi connectivity index (χ4n) is 5.16. The van der Waals surface area contributed by atoms with E-state index in [1.54, 1.807) is 58.5 Å². The van der Waals surface area contributed by atoms with E-state index < -0.39 is 6.04 Å². The first kappa shape index (κ1) is 25.8.